The minimum atomic E-state index is -0.870. The number of carboxylic acid groups (broad SMARTS) is 1. The third kappa shape index (κ3) is 2.54. The number of carbonyl (C=O) groups excluding carboxylic acids is 1. The first-order valence-electron chi connectivity index (χ1n) is 6.61. The quantitative estimate of drug-likeness (QED) is 0.876. The number of likely N-dealkylation sites (N-methyl/N-ethyl adjacent to an activating group) is 1. The first-order valence-corrected chi connectivity index (χ1v) is 6.61. The number of rotatable bonds is 4. The van der Waals surface area contributed by atoms with Gasteiger partial charge in [0.25, 0.3) is 0 Å². The van der Waals surface area contributed by atoms with Crippen LogP contribution in [0, 0.1) is 5.41 Å². The molecule has 5 nitrogen and oxygen atoms in total. The molecule has 1 aromatic rings. The Hall–Kier alpha value is -1.88. The molecule has 1 aliphatic heterocycles. The highest BCUT2D eigenvalue weighted by Gasteiger charge is 2.31. The molecule has 1 heterocycles. The van der Waals surface area contributed by atoms with Crippen LogP contribution in [0.1, 0.15) is 37.4 Å². The lowest BCUT2D eigenvalue weighted by Gasteiger charge is -2.24. The molecule has 108 valence electrons. The van der Waals surface area contributed by atoms with Crippen molar-refractivity contribution < 1.29 is 14.7 Å². The molecule has 1 atom stereocenters. The predicted octanol–water partition coefficient (Wildman–Crippen LogP) is 1.71. The van der Waals surface area contributed by atoms with Crippen molar-refractivity contribution in [2.75, 3.05) is 11.9 Å². The summed E-state index contributed by atoms with van der Waals surface area (Å²) in [4.78, 5) is 24.4. The Morgan fingerprint density at radius 3 is 2.75 bits per heavy atom. The van der Waals surface area contributed by atoms with Gasteiger partial charge in [0.1, 0.15) is 0 Å². The molecule has 2 rings (SSSR count). The molecule has 0 bridgehead atoms. The van der Waals surface area contributed by atoms with E-state index in [0.717, 1.165) is 16.8 Å². The first kappa shape index (κ1) is 14.5. The summed E-state index contributed by atoms with van der Waals surface area (Å²) in [6.45, 7) is 3.33. The van der Waals surface area contributed by atoms with Gasteiger partial charge in [-0.1, -0.05) is 12.1 Å². The molecule has 0 fully saturated rings. The smallest absolute Gasteiger partial charge is 0.309 e. The Morgan fingerprint density at radius 1 is 1.50 bits per heavy atom. The number of nitrogens with zero attached hydrogens (tertiary/aromatic N) is 1. The summed E-state index contributed by atoms with van der Waals surface area (Å²) >= 11 is 0. The highest BCUT2D eigenvalue weighted by molar-refractivity contribution is 6.00. The second kappa shape index (κ2) is 4.90. The van der Waals surface area contributed by atoms with Crippen LogP contribution in [0.3, 0.4) is 0 Å². The van der Waals surface area contributed by atoms with Gasteiger partial charge in [-0.25, -0.2) is 0 Å². The van der Waals surface area contributed by atoms with Gasteiger partial charge in [-0.2, -0.15) is 0 Å². The molecule has 1 aromatic carbocycles. The van der Waals surface area contributed by atoms with Gasteiger partial charge in [0.2, 0.25) is 5.91 Å². The maximum Gasteiger partial charge on any atom is 0.309 e. The normalized spacial score (nSPS) is 16.2. The van der Waals surface area contributed by atoms with Gasteiger partial charge in [0.05, 0.1) is 11.8 Å². The molecule has 0 spiro atoms. The van der Waals surface area contributed by atoms with Crippen LogP contribution in [0.4, 0.5) is 5.69 Å². The largest absolute Gasteiger partial charge is 0.481 e. The van der Waals surface area contributed by atoms with Crippen molar-refractivity contribution in [3.8, 4) is 0 Å². The molecule has 0 aliphatic carbocycles. The minimum Gasteiger partial charge on any atom is -0.481 e. The summed E-state index contributed by atoms with van der Waals surface area (Å²) in [5.41, 5.74) is 7.99. The van der Waals surface area contributed by atoms with Crippen molar-refractivity contribution in [1.29, 1.82) is 0 Å². The van der Waals surface area contributed by atoms with Crippen LogP contribution in [0.2, 0.25) is 0 Å². The molecule has 0 radical (unpaired) electrons. The lowest BCUT2D eigenvalue weighted by molar-refractivity contribution is -0.147. The zero-order valence-electron chi connectivity index (χ0n) is 12.0. The van der Waals surface area contributed by atoms with Crippen LogP contribution >= 0.6 is 0 Å². The van der Waals surface area contributed by atoms with E-state index in [1.807, 2.05) is 18.2 Å². The maximum absolute atomic E-state index is 11.6. The number of amides is 1. The summed E-state index contributed by atoms with van der Waals surface area (Å²) in [5.74, 6) is -0.791. The predicted molar refractivity (Wildman–Crippen MR) is 76.5 cm³/mol. The fourth-order valence-corrected chi connectivity index (χ4v) is 2.48. The fourth-order valence-electron chi connectivity index (χ4n) is 2.48. The number of aliphatic carboxylic acids is 1. The molecule has 0 saturated carbocycles. The van der Waals surface area contributed by atoms with E-state index < -0.39 is 11.4 Å². The minimum absolute atomic E-state index is 0.0663. The average molecular weight is 276 g/mol. The van der Waals surface area contributed by atoms with E-state index >= 15 is 0 Å². The van der Waals surface area contributed by atoms with Crippen molar-refractivity contribution in [3.05, 3.63) is 29.3 Å². The Morgan fingerprint density at radius 2 is 2.15 bits per heavy atom. The van der Waals surface area contributed by atoms with Crippen molar-refractivity contribution in [1.82, 2.24) is 0 Å². The van der Waals surface area contributed by atoms with Crippen LogP contribution in [0.5, 0.6) is 0 Å². The summed E-state index contributed by atoms with van der Waals surface area (Å²) in [6, 6.07) is 5.31. The number of hydrogen-bond donors (Lipinski definition) is 2. The molecule has 1 amide bonds. The number of hydrogen-bond acceptors (Lipinski definition) is 3. The van der Waals surface area contributed by atoms with Gasteiger partial charge in [0, 0.05) is 18.8 Å². The lowest BCUT2D eigenvalue weighted by Crippen LogP contribution is -2.28. The summed E-state index contributed by atoms with van der Waals surface area (Å²) in [6.07, 6.45) is 0.736. The molecule has 3 N–H and O–H groups in total. The molecule has 5 heteroatoms. The van der Waals surface area contributed by atoms with Crippen LogP contribution in [-0.2, 0) is 16.0 Å². The number of benzene rings is 1. The molecule has 1 aliphatic rings. The monoisotopic (exact) mass is 276 g/mol. The van der Waals surface area contributed by atoms with Gasteiger partial charge < -0.3 is 15.7 Å². The zero-order valence-corrected chi connectivity index (χ0v) is 12.0. The Labute approximate surface area is 118 Å². The van der Waals surface area contributed by atoms with Gasteiger partial charge in [-0.05, 0) is 37.5 Å². The lowest BCUT2D eigenvalue weighted by atomic mass is 9.83. The topological polar surface area (TPSA) is 83.6 Å². The Kier molecular flexibility index (Phi) is 3.56. The zero-order chi connectivity index (χ0) is 15.1. The van der Waals surface area contributed by atoms with Crippen molar-refractivity contribution in [2.45, 2.75) is 32.7 Å². The number of carboxylic acids is 1. The third-order valence-corrected chi connectivity index (χ3v) is 3.92. The summed E-state index contributed by atoms with van der Waals surface area (Å²) < 4.78 is 0. The van der Waals surface area contributed by atoms with Crippen LogP contribution < -0.4 is 10.6 Å². The SMILES string of the molecule is CN1C(=O)Cc2cc(C(N)CC(C)(C)C(=O)O)ccc21. The fraction of sp³-hybridized carbons (Fsp3) is 0.467. The van der Waals surface area contributed by atoms with E-state index in [1.165, 1.54) is 0 Å². The van der Waals surface area contributed by atoms with E-state index in [2.05, 4.69) is 0 Å². The molecular formula is C15H20N2O3. The van der Waals surface area contributed by atoms with Gasteiger partial charge >= 0.3 is 5.97 Å². The van der Waals surface area contributed by atoms with Crippen molar-refractivity contribution in [3.63, 3.8) is 0 Å². The Bertz CT molecular complexity index is 566. The highest BCUT2D eigenvalue weighted by Crippen LogP contribution is 2.33. The second-order valence-corrected chi connectivity index (χ2v) is 6.02. The number of anilines is 1. The van der Waals surface area contributed by atoms with Crippen molar-refractivity contribution in [2.24, 2.45) is 11.1 Å². The first-order chi connectivity index (χ1) is 9.22. The second-order valence-electron chi connectivity index (χ2n) is 6.02. The van der Waals surface area contributed by atoms with E-state index in [0.29, 0.717) is 12.8 Å². The molecule has 20 heavy (non-hydrogen) atoms. The summed E-state index contributed by atoms with van der Waals surface area (Å²) in [7, 11) is 1.75. The van der Waals surface area contributed by atoms with Crippen LogP contribution in [-0.4, -0.2) is 24.0 Å². The highest BCUT2D eigenvalue weighted by atomic mass is 16.4. The van der Waals surface area contributed by atoms with E-state index in [1.54, 1.807) is 25.8 Å². The van der Waals surface area contributed by atoms with E-state index in [9.17, 15) is 9.59 Å². The van der Waals surface area contributed by atoms with Gasteiger partial charge in [0.15, 0.2) is 0 Å². The molecule has 0 saturated heterocycles. The summed E-state index contributed by atoms with van der Waals surface area (Å²) in [5, 5.41) is 9.15. The number of carbonyl (C=O) groups is 2. The standard InChI is InChI=1S/C15H20N2O3/c1-15(2,14(19)20)8-11(16)9-4-5-12-10(6-9)7-13(18)17(12)3/h4-6,11H,7-8,16H2,1-3H3,(H,19,20). The van der Waals surface area contributed by atoms with Crippen LogP contribution in [0.25, 0.3) is 0 Å². The third-order valence-electron chi connectivity index (χ3n) is 3.92. The Balaban J connectivity index is 2.21. The van der Waals surface area contributed by atoms with E-state index in [4.69, 9.17) is 10.8 Å². The molecule has 0 aromatic heterocycles. The van der Waals surface area contributed by atoms with E-state index in [-0.39, 0.29) is 11.9 Å². The molecular weight excluding hydrogens is 256 g/mol. The number of nitrogens with two attached hydrogens (primary N) is 1. The van der Waals surface area contributed by atoms with Crippen LogP contribution in [0.15, 0.2) is 18.2 Å². The van der Waals surface area contributed by atoms with Gasteiger partial charge in [-0.3, -0.25) is 9.59 Å². The molecule has 1 unspecified atom stereocenters. The van der Waals surface area contributed by atoms with Gasteiger partial charge in [-0.15, -0.1) is 0 Å². The number of fused-ring (bicyclic) bond motifs is 1. The average Bonchev–Trinajstić information content (AvgIpc) is 2.64. The maximum atomic E-state index is 11.6. The van der Waals surface area contributed by atoms with Crippen molar-refractivity contribution >= 4 is 17.6 Å².